The Kier molecular flexibility index (Phi) is 23.5. The van der Waals surface area contributed by atoms with Gasteiger partial charge in [-0.25, -0.2) is 0 Å². The van der Waals surface area contributed by atoms with E-state index in [-0.39, 0.29) is 18.0 Å². The van der Waals surface area contributed by atoms with E-state index < -0.39 is 0 Å². The maximum absolute atomic E-state index is 12.1. The van der Waals surface area contributed by atoms with Gasteiger partial charge in [0.15, 0.2) is 6.10 Å². The van der Waals surface area contributed by atoms with Crippen LogP contribution < -0.4 is 0 Å². The van der Waals surface area contributed by atoms with Crippen LogP contribution in [0.3, 0.4) is 0 Å². The number of ether oxygens (including phenoxy) is 2. The summed E-state index contributed by atoms with van der Waals surface area (Å²) in [5.41, 5.74) is 0. The Bertz CT molecular complexity index is 544. The molecule has 0 radical (unpaired) electrons. The SMILES string of the molecule is CCC#CC(CC(C)C)OC(=O)CCCCCCCCC(=O)OCCCCCCCCCCC. The molecule has 0 aliphatic carbocycles. The Morgan fingerprint density at radius 3 is 1.71 bits per heavy atom. The first-order valence-corrected chi connectivity index (χ1v) is 14.3. The Morgan fingerprint density at radius 1 is 0.676 bits per heavy atom. The van der Waals surface area contributed by atoms with Gasteiger partial charge in [0.25, 0.3) is 0 Å². The maximum Gasteiger partial charge on any atom is 0.307 e. The van der Waals surface area contributed by atoms with Crippen LogP contribution >= 0.6 is 0 Å². The van der Waals surface area contributed by atoms with E-state index in [9.17, 15) is 9.59 Å². The number of carbonyl (C=O) groups excluding carboxylic acids is 2. The zero-order chi connectivity index (χ0) is 25.3. The van der Waals surface area contributed by atoms with Crippen molar-refractivity contribution in [2.75, 3.05) is 6.61 Å². The van der Waals surface area contributed by atoms with Gasteiger partial charge in [0.1, 0.15) is 0 Å². The molecule has 0 rings (SSSR count). The molecule has 0 aromatic rings. The van der Waals surface area contributed by atoms with Gasteiger partial charge >= 0.3 is 11.9 Å². The molecule has 0 fully saturated rings. The van der Waals surface area contributed by atoms with Crippen LogP contribution in [0.15, 0.2) is 0 Å². The fourth-order valence-corrected chi connectivity index (χ4v) is 3.91. The quantitative estimate of drug-likeness (QED) is 0.0888. The molecule has 0 N–H and O–H groups in total. The number of esters is 2. The minimum Gasteiger partial charge on any atom is -0.466 e. The number of carbonyl (C=O) groups is 2. The summed E-state index contributed by atoms with van der Waals surface area (Å²) in [5.74, 6) is 6.37. The summed E-state index contributed by atoms with van der Waals surface area (Å²) in [4.78, 5) is 23.9. The molecule has 1 unspecified atom stereocenters. The van der Waals surface area contributed by atoms with E-state index in [2.05, 4.69) is 32.6 Å². The summed E-state index contributed by atoms with van der Waals surface area (Å²) in [6, 6.07) is 0. The van der Waals surface area contributed by atoms with Gasteiger partial charge in [-0.1, -0.05) is 117 Å². The molecule has 0 heterocycles. The van der Waals surface area contributed by atoms with Gasteiger partial charge in [0.2, 0.25) is 0 Å². The van der Waals surface area contributed by atoms with E-state index in [1.165, 1.54) is 51.4 Å². The minimum atomic E-state index is -0.271. The van der Waals surface area contributed by atoms with E-state index in [0.717, 1.165) is 57.8 Å². The molecule has 0 aliphatic rings. The lowest BCUT2D eigenvalue weighted by Crippen LogP contribution is -2.18. The second-order valence-corrected chi connectivity index (χ2v) is 9.95. The highest BCUT2D eigenvalue weighted by atomic mass is 16.5. The van der Waals surface area contributed by atoms with Crippen molar-refractivity contribution < 1.29 is 19.1 Å². The Labute approximate surface area is 211 Å². The predicted octanol–water partition coefficient (Wildman–Crippen LogP) is 8.55. The van der Waals surface area contributed by atoms with E-state index in [0.29, 0.717) is 25.4 Å². The first-order valence-electron chi connectivity index (χ1n) is 14.3. The van der Waals surface area contributed by atoms with Gasteiger partial charge in [-0.05, 0) is 31.6 Å². The standard InChI is InChI=1S/C30H54O4/c1-5-7-9-10-11-12-15-18-21-25-33-29(31)23-19-16-13-14-17-20-24-30(32)34-28(22-8-6-2)26-27(3)4/h27-28H,5-7,9-21,23-26H2,1-4H3. The molecular weight excluding hydrogens is 424 g/mol. The number of unbranched alkanes of at least 4 members (excludes halogenated alkanes) is 13. The lowest BCUT2D eigenvalue weighted by Gasteiger charge is -2.14. The smallest absolute Gasteiger partial charge is 0.307 e. The molecule has 0 spiro atoms. The molecule has 198 valence electrons. The Balaban J connectivity index is 3.53. The summed E-state index contributed by atoms with van der Waals surface area (Å²) in [6.07, 6.45) is 19.8. The second kappa shape index (κ2) is 24.6. The van der Waals surface area contributed by atoms with Crippen molar-refractivity contribution in [3.05, 3.63) is 0 Å². The lowest BCUT2D eigenvalue weighted by atomic mass is 10.1. The summed E-state index contributed by atoms with van der Waals surface area (Å²) in [5, 5.41) is 0. The molecule has 0 amide bonds. The summed E-state index contributed by atoms with van der Waals surface area (Å²) in [6.45, 7) is 9.06. The third-order valence-corrected chi connectivity index (χ3v) is 5.92. The Hall–Kier alpha value is -1.50. The van der Waals surface area contributed by atoms with Gasteiger partial charge in [0, 0.05) is 19.3 Å². The van der Waals surface area contributed by atoms with E-state index >= 15 is 0 Å². The van der Waals surface area contributed by atoms with Gasteiger partial charge in [-0.3, -0.25) is 9.59 Å². The molecule has 0 aliphatic heterocycles. The van der Waals surface area contributed by atoms with Crippen LogP contribution in [0.5, 0.6) is 0 Å². The van der Waals surface area contributed by atoms with Gasteiger partial charge in [-0.2, -0.15) is 0 Å². The second-order valence-electron chi connectivity index (χ2n) is 9.95. The lowest BCUT2D eigenvalue weighted by molar-refractivity contribution is -0.147. The van der Waals surface area contributed by atoms with Crippen LogP contribution in [0.2, 0.25) is 0 Å². The van der Waals surface area contributed by atoms with Crippen molar-refractivity contribution in [2.45, 2.75) is 156 Å². The molecule has 0 bridgehead atoms. The number of hydrogen-bond acceptors (Lipinski definition) is 4. The molecule has 34 heavy (non-hydrogen) atoms. The maximum atomic E-state index is 12.1. The van der Waals surface area contributed by atoms with Crippen LogP contribution in [-0.2, 0) is 19.1 Å². The van der Waals surface area contributed by atoms with Crippen molar-refractivity contribution in [1.29, 1.82) is 0 Å². The van der Waals surface area contributed by atoms with Crippen LogP contribution in [-0.4, -0.2) is 24.6 Å². The zero-order valence-electron chi connectivity index (χ0n) is 22.9. The highest BCUT2D eigenvalue weighted by molar-refractivity contribution is 5.70. The summed E-state index contributed by atoms with van der Waals surface area (Å²) in [7, 11) is 0. The molecule has 0 aromatic heterocycles. The van der Waals surface area contributed by atoms with Gasteiger partial charge < -0.3 is 9.47 Å². The first kappa shape index (κ1) is 32.5. The van der Waals surface area contributed by atoms with E-state index in [4.69, 9.17) is 9.47 Å². The van der Waals surface area contributed by atoms with Gasteiger partial charge in [0.05, 0.1) is 6.61 Å². The van der Waals surface area contributed by atoms with Crippen LogP contribution in [0.4, 0.5) is 0 Å². The molecular formula is C30H54O4. The molecule has 0 aromatic carbocycles. The van der Waals surface area contributed by atoms with Gasteiger partial charge in [-0.15, -0.1) is 0 Å². The third kappa shape index (κ3) is 23.7. The molecule has 0 saturated carbocycles. The number of rotatable bonds is 22. The number of hydrogen-bond donors (Lipinski definition) is 0. The molecule has 0 saturated heterocycles. The average Bonchev–Trinajstić information content (AvgIpc) is 2.80. The van der Waals surface area contributed by atoms with Crippen LogP contribution in [0, 0.1) is 17.8 Å². The van der Waals surface area contributed by atoms with Crippen LogP contribution in [0.25, 0.3) is 0 Å². The highest BCUT2D eigenvalue weighted by Crippen LogP contribution is 2.13. The largest absolute Gasteiger partial charge is 0.466 e. The summed E-state index contributed by atoms with van der Waals surface area (Å²) < 4.78 is 10.9. The van der Waals surface area contributed by atoms with Crippen molar-refractivity contribution in [3.63, 3.8) is 0 Å². The average molecular weight is 479 g/mol. The fourth-order valence-electron chi connectivity index (χ4n) is 3.91. The van der Waals surface area contributed by atoms with Crippen LogP contribution in [0.1, 0.15) is 150 Å². The van der Waals surface area contributed by atoms with Crippen molar-refractivity contribution in [1.82, 2.24) is 0 Å². The third-order valence-electron chi connectivity index (χ3n) is 5.92. The topological polar surface area (TPSA) is 52.6 Å². The van der Waals surface area contributed by atoms with E-state index in [1.54, 1.807) is 0 Å². The predicted molar refractivity (Wildman–Crippen MR) is 143 cm³/mol. The molecule has 4 nitrogen and oxygen atoms in total. The zero-order valence-corrected chi connectivity index (χ0v) is 22.9. The fraction of sp³-hybridized carbons (Fsp3) is 0.867. The monoisotopic (exact) mass is 478 g/mol. The Morgan fingerprint density at radius 2 is 1.18 bits per heavy atom. The van der Waals surface area contributed by atoms with Crippen molar-refractivity contribution in [3.8, 4) is 11.8 Å². The summed E-state index contributed by atoms with van der Waals surface area (Å²) >= 11 is 0. The normalized spacial score (nSPS) is 11.7. The van der Waals surface area contributed by atoms with Crippen molar-refractivity contribution >= 4 is 11.9 Å². The van der Waals surface area contributed by atoms with E-state index in [1.807, 2.05) is 6.92 Å². The van der Waals surface area contributed by atoms with Crippen molar-refractivity contribution in [2.24, 2.45) is 5.92 Å². The molecule has 4 heteroatoms. The highest BCUT2D eigenvalue weighted by Gasteiger charge is 2.13. The first-order chi connectivity index (χ1) is 16.5. The molecule has 1 atom stereocenters. The minimum absolute atomic E-state index is 0.0514.